The summed E-state index contributed by atoms with van der Waals surface area (Å²) in [5.41, 5.74) is 5.96. The maximum absolute atomic E-state index is 14.6. The van der Waals surface area contributed by atoms with E-state index in [0.717, 1.165) is 44.0 Å². The SMILES string of the molecule is CC[C@H]1OC(=O)[C@H](C)C(=O)[C@H](C)[C@@H](O[C@@H]2O[C@H](C)CC(N(C)C)C2O)[C@](C)(OC)C[C@@H](C)CN[C@H](CCN2CCNCC2)[C@H]2N(CCCCn3cc(-c4cccc(N)c4)nn3)C(=O)O[C@]12C. The van der Waals surface area contributed by atoms with E-state index in [-0.39, 0.29) is 29.9 Å². The van der Waals surface area contributed by atoms with Gasteiger partial charge < -0.3 is 55.0 Å². The quantitative estimate of drug-likeness (QED) is 0.0925. The van der Waals surface area contributed by atoms with Crippen LogP contribution < -0.4 is 16.4 Å². The first-order valence-electron chi connectivity index (χ1n) is 24.3. The molecule has 2 unspecified atom stereocenters. The first-order chi connectivity index (χ1) is 31.4. The molecule has 18 nitrogen and oxygen atoms in total. The zero-order chi connectivity index (χ0) is 47.9. The normalized spacial score (nSPS) is 35.5. The van der Waals surface area contributed by atoms with E-state index < -0.39 is 65.7 Å². The monoisotopic (exact) mass is 926 g/mol. The van der Waals surface area contributed by atoms with E-state index in [1.165, 1.54) is 0 Å². The molecule has 1 amide bonds. The van der Waals surface area contributed by atoms with Crippen molar-refractivity contribution < 1.29 is 43.2 Å². The van der Waals surface area contributed by atoms with Gasteiger partial charge in [-0.3, -0.25) is 19.2 Å². The number of nitrogens with one attached hydrogen (secondary N) is 2. The maximum Gasteiger partial charge on any atom is 0.410 e. The number of unbranched alkanes of at least 4 members (excludes halogenated alkanes) is 1. The lowest BCUT2D eigenvalue weighted by atomic mass is 9.78. The summed E-state index contributed by atoms with van der Waals surface area (Å²) in [5, 5.41) is 27.7. The Hall–Kier alpha value is -3.75. The van der Waals surface area contributed by atoms with Crippen molar-refractivity contribution in [2.24, 2.45) is 17.8 Å². The van der Waals surface area contributed by atoms with Gasteiger partial charge in [-0.2, -0.15) is 0 Å². The molecule has 0 saturated carbocycles. The second kappa shape index (κ2) is 22.6. The number of nitrogen functional groups attached to an aromatic ring is 1. The average Bonchev–Trinajstić information content (AvgIpc) is 3.87. The van der Waals surface area contributed by atoms with Crippen molar-refractivity contribution >= 4 is 23.5 Å². The highest BCUT2D eigenvalue weighted by atomic mass is 16.7. The van der Waals surface area contributed by atoms with Crippen LogP contribution in [0.4, 0.5) is 10.5 Å². The van der Waals surface area contributed by atoms with Gasteiger partial charge in [-0.25, -0.2) is 4.79 Å². The molecule has 4 saturated heterocycles. The number of nitrogens with two attached hydrogens (primary N) is 1. The Morgan fingerprint density at radius 2 is 1.77 bits per heavy atom. The number of likely N-dealkylation sites (N-methyl/N-ethyl adjacent to an activating group) is 1. The predicted octanol–water partition coefficient (Wildman–Crippen LogP) is 3.56. The zero-order valence-electron chi connectivity index (χ0n) is 41.1. The number of aryl methyl sites for hydroxylation is 1. The van der Waals surface area contributed by atoms with Crippen molar-refractivity contribution in [1.82, 2.24) is 40.3 Å². The van der Waals surface area contributed by atoms with Gasteiger partial charge in [0.1, 0.15) is 23.8 Å². The summed E-state index contributed by atoms with van der Waals surface area (Å²) in [7, 11) is 5.43. The number of nitrogens with zero attached hydrogens (tertiary/aromatic N) is 6. The van der Waals surface area contributed by atoms with Crippen LogP contribution in [0.15, 0.2) is 30.5 Å². The molecule has 66 heavy (non-hydrogen) atoms. The molecule has 4 aliphatic rings. The third-order valence-electron chi connectivity index (χ3n) is 14.6. The molecule has 4 fully saturated rings. The maximum atomic E-state index is 14.6. The molecule has 2 aromatic rings. The first kappa shape index (κ1) is 51.6. The van der Waals surface area contributed by atoms with Gasteiger partial charge in [0.2, 0.25) is 0 Å². The Labute approximate surface area is 391 Å². The zero-order valence-corrected chi connectivity index (χ0v) is 41.1. The van der Waals surface area contributed by atoms with Gasteiger partial charge in [-0.05, 0) is 111 Å². The van der Waals surface area contributed by atoms with Crippen molar-refractivity contribution in [3.8, 4) is 11.3 Å². The first-order valence-corrected chi connectivity index (χ1v) is 24.3. The van der Waals surface area contributed by atoms with Gasteiger partial charge in [-0.15, -0.1) is 5.10 Å². The largest absolute Gasteiger partial charge is 0.458 e. The molecule has 4 aliphatic heterocycles. The van der Waals surface area contributed by atoms with E-state index in [4.69, 9.17) is 29.4 Å². The van der Waals surface area contributed by atoms with Crippen LogP contribution in [-0.2, 0) is 39.8 Å². The van der Waals surface area contributed by atoms with Gasteiger partial charge in [0.05, 0.1) is 30.0 Å². The highest BCUT2D eigenvalue weighted by Gasteiger charge is 2.59. The minimum Gasteiger partial charge on any atom is -0.458 e. The van der Waals surface area contributed by atoms with Crippen molar-refractivity contribution in [3.63, 3.8) is 0 Å². The number of carbonyl (C=O) groups excluding carboxylic acids is 3. The molecule has 5 heterocycles. The Morgan fingerprint density at radius 3 is 2.45 bits per heavy atom. The second-order valence-corrected chi connectivity index (χ2v) is 20.0. The number of rotatable bonds is 14. The molecule has 370 valence electrons. The van der Waals surface area contributed by atoms with Crippen LogP contribution in [0.5, 0.6) is 0 Å². The van der Waals surface area contributed by atoms with E-state index in [1.54, 1.807) is 25.6 Å². The predicted molar refractivity (Wildman–Crippen MR) is 250 cm³/mol. The lowest BCUT2D eigenvalue weighted by molar-refractivity contribution is -0.295. The number of ketones is 1. The van der Waals surface area contributed by atoms with Crippen molar-refractivity contribution in [1.29, 1.82) is 0 Å². The standard InChI is InChI=1S/C48H79N9O9/c1-11-39-48(7)42(57(46(61)66-48)21-13-12-20-56-29-37(52-53-56)34-15-14-16-35(49)26-34)36(17-22-55-23-18-50-19-24-55)51-28-30(2)27-47(6,62-10)43(32(4)40(58)33(5)44(60)64-39)65-45-41(59)38(54(8)9)25-31(3)63-45/h14-16,26,29-33,36,38-39,41-43,45,50-51,59H,11-13,17-25,27-28,49H2,1-10H3/t30-,31-,32+,33-,36-,38?,39-,41?,42-,43-,45+,47-,48-/m1/s1. The smallest absolute Gasteiger partial charge is 0.410 e. The highest BCUT2D eigenvalue weighted by Crippen LogP contribution is 2.41. The molecule has 6 rings (SSSR count). The summed E-state index contributed by atoms with van der Waals surface area (Å²) in [6, 6.07) is 6.49. The molecule has 0 bridgehead atoms. The van der Waals surface area contributed by atoms with E-state index >= 15 is 0 Å². The van der Waals surface area contributed by atoms with Crippen LogP contribution in [0.3, 0.4) is 0 Å². The molecule has 5 N–H and O–H groups in total. The number of hydrogen-bond acceptors (Lipinski definition) is 16. The van der Waals surface area contributed by atoms with Crippen LogP contribution in [0.25, 0.3) is 11.3 Å². The molecule has 0 aliphatic carbocycles. The number of carbonyl (C=O) groups is 3. The second-order valence-electron chi connectivity index (χ2n) is 20.0. The molecule has 1 aromatic heterocycles. The summed E-state index contributed by atoms with van der Waals surface area (Å²) in [6.07, 6.45) is 0.852. The number of fused-ring (bicyclic) bond motifs is 1. The molecule has 0 spiro atoms. The number of benzene rings is 1. The lowest BCUT2D eigenvalue weighted by Gasteiger charge is -2.46. The summed E-state index contributed by atoms with van der Waals surface area (Å²) in [6.45, 7) is 19.0. The van der Waals surface area contributed by atoms with Crippen LogP contribution in [0.2, 0.25) is 0 Å². The summed E-state index contributed by atoms with van der Waals surface area (Å²) in [4.78, 5) is 49.5. The van der Waals surface area contributed by atoms with Gasteiger partial charge in [0.25, 0.3) is 0 Å². The Morgan fingerprint density at radius 1 is 1.05 bits per heavy atom. The van der Waals surface area contributed by atoms with E-state index in [9.17, 15) is 19.5 Å². The van der Waals surface area contributed by atoms with Crippen LogP contribution in [-0.4, -0.2) is 180 Å². The number of aliphatic hydroxyl groups is 1. The van der Waals surface area contributed by atoms with E-state index in [0.29, 0.717) is 63.8 Å². The van der Waals surface area contributed by atoms with Crippen LogP contribution in [0, 0.1) is 17.8 Å². The van der Waals surface area contributed by atoms with Gasteiger partial charge in [0.15, 0.2) is 17.7 Å². The number of aliphatic hydroxyl groups excluding tert-OH is 1. The third-order valence-corrected chi connectivity index (χ3v) is 14.6. The fourth-order valence-electron chi connectivity index (χ4n) is 10.8. The third kappa shape index (κ3) is 11.9. The number of esters is 1. The number of anilines is 1. The number of Topliss-reactive ketones (excluding diaryl/α,β-unsaturated/α-hetero) is 1. The minimum atomic E-state index is -1.26. The van der Waals surface area contributed by atoms with E-state index in [1.807, 2.05) is 82.1 Å². The Kier molecular flexibility index (Phi) is 17.7. The number of methoxy groups -OCH3 is 1. The number of ether oxygens (including phenoxy) is 5. The number of cyclic esters (lactones) is 1. The highest BCUT2D eigenvalue weighted by molar-refractivity contribution is 6.00. The van der Waals surface area contributed by atoms with Crippen molar-refractivity contribution in [3.05, 3.63) is 30.5 Å². The topological polar surface area (TPSA) is 208 Å². The summed E-state index contributed by atoms with van der Waals surface area (Å²) < 4.78 is 34.0. The minimum absolute atomic E-state index is 0.0317. The van der Waals surface area contributed by atoms with Crippen LogP contribution in [0.1, 0.15) is 87.0 Å². The van der Waals surface area contributed by atoms with Crippen LogP contribution >= 0.6 is 0 Å². The summed E-state index contributed by atoms with van der Waals surface area (Å²) >= 11 is 0. The number of piperazine rings is 1. The number of aromatic nitrogens is 3. The molecule has 18 heteroatoms. The van der Waals surface area contributed by atoms with Gasteiger partial charge in [0, 0.05) is 75.6 Å². The number of hydrogen-bond donors (Lipinski definition) is 4. The van der Waals surface area contributed by atoms with Crippen molar-refractivity contribution in [2.75, 3.05) is 72.8 Å². The Balaban J connectivity index is 1.30. The fraction of sp³-hybridized carbons (Fsp3) is 0.771. The molecular formula is C48H79N9O9. The van der Waals surface area contributed by atoms with E-state index in [2.05, 4.69) is 32.8 Å². The number of amides is 1. The van der Waals surface area contributed by atoms with Gasteiger partial charge >= 0.3 is 12.1 Å². The summed E-state index contributed by atoms with van der Waals surface area (Å²) in [5.74, 6) is -3.19. The average molecular weight is 926 g/mol. The lowest BCUT2D eigenvalue weighted by Crippen LogP contribution is -2.62. The molecular weight excluding hydrogens is 847 g/mol. The molecule has 1 aromatic carbocycles. The van der Waals surface area contributed by atoms with Crippen molar-refractivity contribution in [2.45, 2.75) is 154 Å². The molecule has 0 radical (unpaired) electrons. The Bertz CT molecular complexity index is 1920. The van der Waals surface area contributed by atoms with Gasteiger partial charge in [-0.1, -0.05) is 38.1 Å². The molecule has 13 atom stereocenters. The fourth-order valence-corrected chi connectivity index (χ4v) is 10.8.